The van der Waals surface area contributed by atoms with E-state index < -0.39 is 0 Å². The summed E-state index contributed by atoms with van der Waals surface area (Å²) in [7, 11) is 0. The van der Waals surface area contributed by atoms with E-state index in [0.29, 0.717) is 12.8 Å². The van der Waals surface area contributed by atoms with Gasteiger partial charge >= 0.3 is 11.9 Å². The van der Waals surface area contributed by atoms with Crippen molar-refractivity contribution in [3.05, 3.63) is 0 Å². The van der Waals surface area contributed by atoms with E-state index in [4.69, 9.17) is 9.47 Å². The summed E-state index contributed by atoms with van der Waals surface area (Å²) in [5.41, 5.74) is 0. The Labute approximate surface area is 83.6 Å². The maximum Gasteiger partial charge on any atom is 0.306 e. The van der Waals surface area contributed by atoms with Gasteiger partial charge in [-0.1, -0.05) is 0 Å². The molecule has 0 aromatic rings. The average molecular weight is 200 g/mol. The molecule has 0 aliphatic carbocycles. The Bertz CT molecular complexity index is 200. The van der Waals surface area contributed by atoms with Gasteiger partial charge in [0.2, 0.25) is 0 Å². The van der Waals surface area contributed by atoms with E-state index in [0.717, 1.165) is 12.8 Å². The van der Waals surface area contributed by atoms with Crippen molar-refractivity contribution < 1.29 is 19.1 Å². The molecule has 2 heterocycles. The van der Waals surface area contributed by atoms with Gasteiger partial charge in [0.15, 0.2) is 0 Å². The molecule has 4 nitrogen and oxygen atoms in total. The van der Waals surface area contributed by atoms with E-state index in [2.05, 4.69) is 0 Å². The quantitative estimate of drug-likeness (QED) is 0.555. The summed E-state index contributed by atoms with van der Waals surface area (Å²) in [6, 6.07) is 0. The molecule has 2 aliphatic heterocycles. The molecular formula is C10H16O4. The number of carbonyl (C=O) groups is 2. The van der Waals surface area contributed by atoms with Crippen molar-refractivity contribution in [2.24, 2.45) is 0 Å². The molecule has 0 radical (unpaired) electrons. The summed E-state index contributed by atoms with van der Waals surface area (Å²) in [5.74, 6) is -0.0972. The Morgan fingerprint density at radius 3 is 1.36 bits per heavy atom. The predicted octanol–water partition coefficient (Wildman–Crippen LogP) is 1.42. The molecule has 0 aromatic carbocycles. The van der Waals surface area contributed by atoms with Crippen LogP contribution in [0.3, 0.4) is 0 Å². The van der Waals surface area contributed by atoms with Crippen molar-refractivity contribution in [2.45, 2.75) is 51.7 Å². The van der Waals surface area contributed by atoms with Gasteiger partial charge in [-0.3, -0.25) is 9.59 Å². The van der Waals surface area contributed by atoms with Crippen LogP contribution in [0.4, 0.5) is 0 Å². The Morgan fingerprint density at radius 2 is 1.29 bits per heavy atom. The van der Waals surface area contributed by atoms with Crippen molar-refractivity contribution in [2.75, 3.05) is 0 Å². The lowest BCUT2D eigenvalue weighted by Crippen LogP contribution is -1.98. The maximum absolute atomic E-state index is 10.2. The van der Waals surface area contributed by atoms with Crippen LogP contribution in [0.2, 0.25) is 0 Å². The molecule has 2 rings (SSSR count). The number of rotatable bonds is 0. The third kappa shape index (κ3) is 3.77. The molecule has 2 saturated heterocycles. The summed E-state index contributed by atoms with van der Waals surface area (Å²) in [5, 5.41) is 0. The lowest BCUT2D eigenvalue weighted by molar-refractivity contribution is -0.141. The van der Waals surface area contributed by atoms with E-state index in [1.807, 2.05) is 13.8 Å². The Hall–Kier alpha value is -1.06. The molecule has 0 bridgehead atoms. The highest BCUT2D eigenvalue weighted by Crippen LogP contribution is 2.11. The number of ether oxygens (including phenoxy) is 2. The zero-order chi connectivity index (χ0) is 10.6. The minimum absolute atomic E-state index is 0.0486. The summed E-state index contributed by atoms with van der Waals surface area (Å²) in [6.07, 6.45) is 3.38. The Balaban J connectivity index is 0.000000140. The van der Waals surface area contributed by atoms with Gasteiger partial charge in [-0.15, -0.1) is 0 Å². The van der Waals surface area contributed by atoms with E-state index in [-0.39, 0.29) is 24.1 Å². The second kappa shape index (κ2) is 4.98. The van der Waals surface area contributed by atoms with Gasteiger partial charge in [-0.2, -0.15) is 0 Å². The molecule has 14 heavy (non-hydrogen) atoms. The second-order valence-electron chi connectivity index (χ2n) is 3.68. The summed E-state index contributed by atoms with van der Waals surface area (Å²) < 4.78 is 9.44. The van der Waals surface area contributed by atoms with Gasteiger partial charge in [0.25, 0.3) is 0 Å². The number of hydrogen-bond acceptors (Lipinski definition) is 4. The van der Waals surface area contributed by atoms with Crippen molar-refractivity contribution in [1.29, 1.82) is 0 Å². The first-order valence-electron chi connectivity index (χ1n) is 4.97. The lowest BCUT2D eigenvalue weighted by atomic mass is 10.3. The highest BCUT2D eigenvalue weighted by atomic mass is 16.6. The molecule has 0 spiro atoms. The highest BCUT2D eigenvalue weighted by Gasteiger charge is 2.18. The minimum Gasteiger partial charge on any atom is -0.463 e. The van der Waals surface area contributed by atoms with Crippen LogP contribution in [-0.4, -0.2) is 24.1 Å². The van der Waals surface area contributed by atoms with Crippen LogP contribution in [0, 0.1) is 0 Å². The first kappa shape index (κ1) is 11.0. The minimum atomic E-state index is -0.0486. The normalized spacial score (nSPS) is 30.4. The average Bonchev–Trinajstić information content (AvgIpc) is 2.63. The third-order valence-corrected chi connectivity index (χ3v) is 2.18. The fraction of sp³-hybridized carbons (Fsp3) is 0.800. The van der Waals surface area contributed by atoms with Crippen LogP contribution >= 0.6 is 0 Å². The number of hydrogen-bond donors (Lipinski definition) is 0. The molecule has 0 saturated carbocycles. The van der Waals surface area contributed by atoms with E-state index in [1.54, 1.807) is 0 Å². The van der Waals surface area contributed by atoms with Crippen LogP contribution in [0.25, 0.3) is 0 Å². The monoisotopic (exact) mass is 200 g/mol. The van der Waals surface area contributed by atoms with E-state index in [9.17, 15) is 9.59 Å². The van der Waals surface area contributed by atoms with Crippen LogP contribution in [0.1, 0.15) is 39.5 Å². The summed E-state index contributed by atoms with van der Waals surface area (Å²) >= 11 is 0. The van der Waals surface area contributed by atoms with Crippen molar-refractivity contribution in [3.63, 3.8) is 0 Å². The zero-order valence-corrected chi connectivity index (χ0v) is 8.62. The van der Waals surface area contributed by atoms with Gasteiger partial charge in [-0.05, 0) is 26.7 Å². The van der Waals surface area contributed by atoms with E-state index >= 15 is 0 Å². The summed E-state index contributed by atoms with van der Waals surface area (Å²) in [6.45, 7) is 3.82. The van der Waals surface area contributed by atoms with Gasteiger partial charge < -0.3 is 9.47 Å². The molecule has 0 amide bonds. The maximum atomic E-state index is 10.2. The van der Waals surface area contributed by atoms with Gasteiger partial charge in [0.1, 0.15) is 0 Å². The van der Waals surface area contributed by atoms with E-state index in [1.165, 1.54) is 0 Å². The first-order chi connectivity index (χ1) is 6.58. The molecule has 2 fully saturated rings. The SMILES string of the molecule is CC1CCC(=O)O1.CC1CCC(=O)O1. The zero-order valence-electron chi connectivity index (χ0n) is 8.62. The number of esters is 2. The lowest BCUT2D eigenvalue weighted by Gasteiger charge is -1.95. The molecule has 2 aliphatic rings. The van der Waals surface area contributed by atoms with Crippen molar-refractivity contribution in [1.82, 2.24) is 0 Å². The Kier molecular flexibility index (Phi) is 3.92. The smallest absolute Gasteiger partial charge is 0.306 e. The fourth-order valence-electron chi connectivity index (χ4n) is 1.33. The van der Waals surface area contributed by atoms with Crippen LogP contribution < -0.4 is 0 Å². The fourth-order valence-corrected chi connectivity index (χ4v) is 1.33. The van der Waals surface area contributed by atoms with Crippen molar-refractivity contribution in [3.8, 4) is 0 Å². The van der Waals surface area contributed by atoms with Crippen LogP contribution in [-0.2, 0) is 19.1 Å². The number of carbonyl (C=O) groups excluding carboxylic acids is 2. The third-order valence-electron chi connectivity index (χ3n) is 2.18. The first-order valence-corrected chi connectivity index (χ1v) is 4.97. The number of cyclic esters (lactones) is 2. The van der Waals surface area contributed by atoms with Crippen molar-refractivity contribution >= 4 is 11.9 Å². The largest absolute Gasteiger partial charge is 0.463 e. The molecule has 2 atom stereocenters. The second-order valence-corrected chi connectivity index (χ2v) is 3.68. The predicted molar refractivity (Wildman–Crippen MR) is 49.6 cm³/mol. The molecule has 2 unspecified atom stereocenters. The molecule has 0 N–H and O–H groups in total. The highest BCUT2D eigenvalue weighted by molar-refractivity contribution is 5.71. The summed E-state index contributed by atoms with van der Waals surface area (Å²) in [4.78, 5) is 20.5. The molecule has 80 valence electrons. The Morgan fingerprint density at radius 1 is 0.929 bits per heavy atom. The van der Waals surface area contributed by atoms with Gasteiger partial charge in [0.05, 0.1) is 12.2 Å². The standard InChI is InChI=1S/2C5H8O2/c2*1-4-2-3-5(6)7-4/h2*4H,2-3H2,1H3. The van der Waals surface area contributed by atoms with Crippen LogP contribution in [0.15, 0.2) is 0 Å². The van der Waals surface area contributed by atoms with Gasteiger partial charge in [0, 0.05) is 12.8 Å². The molecule has 4 heteroatoms. The van der Waals surface area contributed by atoms with Crippen LogP contribution in [0.5, 0.6) is 0 Å². The molecular weight excluding hydrogens is 184 g/mol. The van der Waals surface area contributed by atoms with Gasteiger partial charge in [-0.25, -0.2) is 0 Å². The topological polar surface area (TPSA) is 52.6 Å². The molecule has 0 aromatic heterocycles.